The summed E-state index contributed by atoms with van der Waals surface area (Å²) in [4.78, 5) is 12.7. The van der Waals surface area contributed by atoms with Gasteiger partial charge in [-0.3, -0.25) is 9.10 Å². The Balaban J connectivity index is 1.89. The Morgan fingerprint density at radius 2 is 1.66 bits per heavy atom. The Morgan fingerprint density at radius 3 is 2.34 bits per heavy atom. The fourth-order valence-corrected chi connectivity index (χ4v) is 4.19. The molecule has 29 heavy (non-hydrogen) atoms. The van der Waals surface area contributed by atoms with E-state index in [0.29, 0.717) is 16.4 Å². The van der Waals surface area contributed by atoms with Crippen LogP contribution in [0.5, 0.6) is 0 Å². The number of halogens is 1. The van der Waals surface area contributed by atoms with Crippen LogP contribution < -0.4 is 9.62 Å². The van der Waals surface area contributed by atoms with E-state index in [1.54, 1.807) is 42.5 Å². The number of carbonyl (C=O) groups excluding carboxylic acids is 1. The first-order valence-corrected chi connectivity index (χ1v) is 10.7. The van der Waals surface area contributed by atoms with Gasteiger partial charge < -0.3 is 5.32 Å². The lowest BCUT2D eigenvalue weighted by Gasteiger charge is -2.20. The molecule has 1 N–H and O–H groups in total. The molecule has 0 unspecified atom stereocenters. The van der Waals surface area contributed by atoms with Crippen molar-refractivity contribution in [3.63, 3.8) is 0 Å². The maximum Gasteiger partial charge on any atom is 0.264 e. The molecule has 0 aliphatic carbocycles. The van der Waals surface area contributed by atoms with Crippen molar-refractivity contribution in [2.45, 2.75) is 18.7 Å². The van der Waals surface area contributed by atoms with Gasteiger partial charge in [0.2, 0.25) is 0 Å². The summed E-state index contributed by atoms with van der Waals surface area (Å²) >= 11 is 6.00. The number of rotatable bonds is 5. The van der Waals surface area contributed by atoms with Gasteiger partial charge in [-0.1, -0.05) is 41.4 Å². The zero-order chi connectivity index (χ0) is 21.2. The Kier molecular flexibility index (Phi) is 5.96. The SMILES string of the molecule is Cc1ccc(N(C)S(=O)(=O)c2cccc(C(=O)Nc3cc(Cl)ccc3C)c2)cc1. The highest BCUT2D eigenvalue weighted by atomic mass is 35.5. The van der Waals surface area contributed by atoms with Gasteiger partial charge in [-0.25, -0.2) is 8.42 Å². The summed E-state index contributed by atoms with van der Waals surface area (Å²) in [6, 6.07) is 18.3. The number of aryl methyl sites for hydroxylation is 2. The molecular weight excluding hydrogens is 408 g/mol. The molecule has 0 fully saturated rings. The van der Waals surface area contributed by atoms with Crippen molar-refractivity contribution in [1.29, 1.82) is 0 Å². The molecule has 0 spiro atoms. The maximum absolute atomic E-state index is 13.0. The van der Waals surface area contributed by atoms with Crippen molar-refractivity contribution in [2.24, 2.45) is 0 Å². The molecule has 1 amide bonds. The highest BCUT2D eigenvalue weighted by molar-refractivity contribution is 7.92. The third kappa shape index (κ3) is 4.60. The van der Waals surface area contributed by atoms with Crippen LogP contribution in [-0.2, 0) is 10.0 Å². The summed E-state index contributed by atoms with van der Waals surface area (Å²) in [6.07, 6.45) is 0. The van der Waals surface area contributed by atoms with Crippen LogP contribution in [0.1, 0.15) is 21.5 Å². The lowest BCUT2D eigenvalue weighted by Crippen LogP contribution is -2.26. The van der Waals surface area contributed by atoms with Crippen LogP contribution in [0.25, 0.3) is 0 Å². The average Bonchev–Trinajstić information content (AvgIpc) is 2.71. The predicted molar refractivity (Wildman–Crippen MR) is 117 cm³/mol. The molecule has 0 heterocycles. The molecule has 0 saturated heterocycles. The van der Waals surface area contributed by atoms with Gasteiger partial charge in [0.15, 0.2) is 0 Å². The van der Waals surface area contributed by atoms with E-state index in [9.17, 15) is 13.2 Å². The second kappa shape index (κ2) is 8.27. The van der Waals surface area contributed by atoms with Crippen LogP contribution in [-0.4, -0.2) is 21.4 Å². The number of nitrogens with one attached hydrogen (secondary N) is 1. The van der Waals surface area contributed by atoms with Crippen LogP contribution in [0.3, 0.4) is 0 Å². The summed E-state index contributed by atoms with van der Waals surface area (Å²) < 4.78 is 27.3. The largest absolute Gasteiger partial charge is 0.322 e. The number of benzene rings is 3. The molecule has 3 aromatic rings. The van der Waals surface area contributed by atoms with Crippen molar-refractivity contribution in [1.82, 2.24) is 0 Å². The minimum absolute atomic E-state index is 0.0380. The fourth-order valence-electron chi connectivity index (χ4n) is 2.77. The van der Waals surface area contributed by atoms with E-state index in [1.165, 1.54) is 23.5 Å². The van der Waals surface area contributed by atoms with Gasteiger partial charge in [0.1, 0.15) is 0 Å². The van der Waals surface area contributed by atoms with E-state index in [4.69, 9.17) is 11.6 Å². The van der Waals surface area contributed by atoms with Crippen LogP contribution in [0.2, 0.25) is 5.02 Å². The van der Waals surface area contributed by atoms with Crippen molar-refractivity contribution in [3.05, 3.63) is 88.4 Å². The molecule has 0 aromatic heterocycles. The summed E-state index contributed by atoms with van der Waals surface area (Å²) in [7, 11) is -2.33. The van der Waals surface area contributed by atoms with Gasteiger partial charge in [-0.15, -0.1) is 0 Å². The Labute approximate surface area is 176 Å². The Hall–Kier alpha value is -2.83. The number of carbonyl (C=O) groups is 1. The summed E-state index contributed by atoms with van der Waals surface area (Å²) in [5.74, 6) is -0.412. The van der Waals surface area contributed by atoms with Crippen molar-refractivity contribution in [2.75, 3.05) is 16.7 Å². The first kappa shape index (κ1) is 20.9. The number of amides is 1. The van der Waals surface area contributed by atoms with Crippen LogP contribution in [0.4, 0.5) is 11.4 Å². The van der Waals surface area contributed by atoms with Crippen LogP contribution >= 0.6 is 11.6 Å². The van der Waals surface area contributed by atoms with E-state index in [1.807, 2.05) is 26.0 Å². The Bertz CT molecular complexity index is 1160. The minimum atomic E-state index is -3.82. The average molecular weight is 429 g/mol. The van der Waals surface area contributed by atoms with Crippen molar-refractivity contribution in [3.8, 4) is 0 Å². The maximum atomic E-state index is 13.0. The highest BCUT2D eigenvalue weighted by Gasteiger charge is 2.22. The summed E-state index contributed by atoms with van der Waals surface area (Å²) in [5.41, 5.74) is 3.25. The van der Waals surface area contributed by atoms with Gasteiger partial charge in [-0.2, -0.15) is 0 Å². The van der Waals surface area contributed by atoms with E-state index >= 15 is 0 Å². The van der Waals surface area contributed by atoms with E-state index < -0.39 is 15.9 Å². The third-order valence-electron chi connectivity index (χ3n) is 4.60. The number of nitrogens with zero attached hydrogens (tertiary/aromatic N) is 1. The van der Waals surface area contributed by atoms with Crippen molar-refractivity contribution < 1.29 is 13.2 Å². The first-order chi connectivity index (χ1) is 13.7. The molecule has 3 aromatic carbocycles. The smallest absolute Gasteiger partial charge is 0.264 e. The van der Waals surface area contributed by atoms with E-state index in [0.717, 1.165) is 11.1 Å². The first-order valence-electron chi connectivity index (χ1n) is 8.91. The standard InChI is InChI=1S/C22H21ClN2O3S/c1-15-7-11-19(12-8-15)25(3)29(27,28)20-6-4-5-17(13-20)22(26)24-21-14-18(23)10-9-16(21)2/h4-14H,1-3H3,(H,24,26). The molecule has 150 valence electrons. The highest BCUT2D eigenvalue weighted by Crippen LogP contribution is 2.24. The van der Waals surface area contributed by atoms with Crippen molar-refractivity contribution >= 4 is 38.9 Å². The summed E-state index contributed by atoms with van der Waals surface area (Å²) in [5, 5.41) is 3.28. The molecule has 0 aliphatic rings. The topological polar surface area (TPSA) is 66.5 Å². The molecule has 3 rings (SSSR count). The molecular formula is C22H21ClN2O3S. The van der Waals surface area contributed by atoms with E-state index in [2.05, 4.69) is 5.32 Å². The normalized spacial score (nSPS) is 11.2. The van der Waals surface area contributed by atoms with Crippen LogP contribution in [0, 0.1) is 13.8 Å². The van der Waals surface area contributed by atoms with Crippen LogP contribution in [0.15, 0.2) is 71.6 Å². The number of anilines is 2. The number of hydrogen-bond donors (Lipinski definition) is 1. The number of hydrogen-bond acceptors (Lipinski definition) is 3. The summed E-state index contributed by atoms with van der Waals surface area (Å²) in [6.45, 7) is 3.78. The van der Waals surface area contributed by atoms with Gasteiger partial charge in [0.25, 0.3) is 15.9 Å². The minimum Gasteiger partial charge on any atom is -0.322 e. The lowest BCUT2D eigenvalue weighted by molar-refractivity contribution is 0.102. The molecule has 0 aliphatic heterocycles. The molecule has 0 saturated carbocycles. The fraction of sp³-hybridized carbons (Fsp3) is 0.136. The molecule has 0 bridgehead atoms. The third-order valence-corrected chi connectivity index (χ3v) is 6.62. The van der Waals surface area contributed by atoms with Gasteiger partial charge in [-0.05, 0) is 61.9 Å². The predicted octanol–water partition coefficient (Wildman–Crippen LogP) is 5.03. The van der Waals surface area contributed by atoms with E-state index in [-0.39, 0.29) is 10.5 Å². The number of sulfonamides is 1. The zero-order valence-corrected chi connectivity index (χ0v) is 17.9. The van der Waals surface area contributed by atoms with Gasteiger partial charge >= 0.3 is 0 Å². The second-order valence-electron chi connectivity index (χ2n) is 6.75. The Morgan fingerprint density at radius 1 is 0.966 bits per heavy atom. The molecule has 0 radical (unpaired) electrons. The molecule has 5 nitrogen and oxygen atoms in total. The van der Waals surface area contributed by atoms with Gasteiger partial charge in [0.05, 0.1) is 10.6 Å². The van der Waals surface area contributed by atoms with Gasteiger partial charge in [0, 0.05) is 23.3 Å². The molecule has 0 atom stereocenters. The quantitative estimate of drug-likeness (QED) is 0.619. The second-order valence-corrected chi connectivity index (χ2v) is 9.15. The zero-order valence-electron chi connectivity index (χ0n) is 16.3. The monoisotopic (exact) mass is 428 g/mol. The molecule has 7 heteroatoms. The lowest BCUT2D eigenvalue weighted by atomic mass is 10.1.